The molecule has 13 heteroatoms. The average Bonchev–Trinajstić information content (AvgIpc) is 3.30. The van der Waals surface area contributed by atoms with Crippen LogP contribution < -0.4 is 5.32 Å². The number of carbonyl (C=O) groups is 2. The molecule has 1 aromatic heterocycles. The van der Waals surface area contributed by atoms with Gasteiger partial charge < -0.3 is 15.1 Å². The summed E-state index contributed by atoms with van der Waals surface area (Å²) in [6.07, 6.45) is 0.833. The van der Waals surface area contributed by atoms with E-state index in [0.29, 0.717) is 16.6 Å². The molecule has 1 atom stereocenters. The topological polar surface area (TPSA) is 103 Å². The number of benzene rings is 2. The molecule has 5 rings (SSSR count). The molecule has 2 aromatic carbocycles. The number of halogens is 2. The van der Waals surface area contributed by atoms with Gasteiger partial charge in [-0.25, -0.2) is 13.4 Å². The maximum absolute atomic E-state index is 13.5. The van der Waals surface area contributed by atoms with Crippen molar-refractivity contribution in [3.8, 4) is 0 Å². The fourth-order valence-electron chi connectivity index (χ4n) is 4.66. The number of thiazole rings is 1. The van der Waals surface area contributed by atoms with E-state index in [1.54, 1.807) is 30.3 Å². The van der Waals surface area contributed by atoms with Crippen LogP contribution in [0.4, 0.5) is 0 Å². The van der Waals surface area contributed by atoms with Gasteiger partial charge in [0.15, 0.2) is 5.01 Å². The summed E-state index contributed by atoms with van der Waals surface area (Å²) >= 11 is 7.41. The van der Waals surface area contributed by atoms with Crippen molar-refractivity contribution in [2.75, 3.05) is 40.3 Å². The Morgan fingerprint density at radius 1 is 1.11 bits per heavy atom. The first kappa shape index (κ1) is 27.7. The molecule has 0 saturated carbocycles. The van der Waals surface area contributed by atoms with Crippen molar-refractivity contribution in [3.63, 3.8) is 0 Å². The third-order valence-corrected chi connectivity index (χ3v) is 9.91. The molecule has 0 aliphatic carbocycles. The number of sulfonamides is 1. The van der Waals surface area contributed by atoms with Gasteiger partial charge in [-0.2, -0.15) is 4.31 Å². The summed E-state index contributed by atoms with van der Waals surface area (Å²) in [5.41, 5.74) is 0.896. The highest BCUT2D eigenvalue weighted by atomic mass is 35.5. The smallest absolute Gasteiger partial charge is 0.283 e. The van der Waals surface area contributed by atoms with E-state index in [1.165, 1.54) is 33.7 Å². The van der Waals surface area contributed by atoms with E-state index in [9.17, 15) is 18.0 Å². The van der Waals surface area contributed by atoms with Crippen LogP contribution in [-0.2, 0) is 27.8 Å². The van der Waals surface area contributed by atoms with Gasteiger partial charge in [0.25, 0.3) is 5.91 Å². The molecule has 0 bridgehead atoms. The van der Waals surface area contributed by atoms with Crippen molar-refractivity contribution in [2.45, 2.75) is 23.9 Å². The number of likely N-dealkylation sites (N-methyl/N-ethyl adjacent to an activating group) is 2. The van der Waals surface area contributed by atoms with Crippen molar-refractivity contribution in [3.05, 3.63) is 57.0 Å². The van der Waals surface area contributed by atoms with Crippen LogP contribution in [-0.4, -0.2) is 85.6 Å². The minimum absolute atomic E-state index is 0. The second-order valence-corrected chi connectivity index (χ2v) is 12.5. The highest BCUT2D eigenvalue weighted by Crippen LogP contribution is 2.29. The van der Waals surface area contributed by atoms with E-state index in [1.807, 2.05) is 7.05 Å². The maximum Gasteiger partial charge on any atom is 0.283 e. The number of hydrogen-bond donors (Lipinski definition) is 1. The fraction of sp³-hybridized carbons (Fsp3) is 0.375. The van der Waals surface area contributed by atoms with Crippen molar-refractivity contribution in [2.24, 2.45) is 0 Å². The third kappa shape index (κ3) is 5.34. The van der Waals surface area contributed by atoms with Crippen LogP contribution in [0.25, 0.3) is 10.8 Å². The number of rotatable bonds is 4. The number of piperazine rings is 1. The molecular weight excluding hydrogens is 557 g/mol. The standard InChI is InChI=1S/C24H26ClN5O4S2.ClH/c1-26-22(31)20-14-29(36(33,34)18-6-4-15-11-17(25)5-3-16(15)12-18)9-10-30(20)24(32)23-27-19-13-28(2)8-7-21(19)35-23;/h3-6,11-12,20H,7-10,13-14H2,1-2H3,(H,26,31);1H. The van der Waals surface area contributed by atoms with Crippen molar-refractivity contribution in [1.82, 2.24) is 24.4 Å². The largest absolute Gasteiger partial charge is 0.357 e. The molecular formula is C24H27Cl2N5O4S2. The summed E-state index contributed by atoms with van der Waals surface area (Å²) in [6, 6.07) is 9.14. The minimum atomic E-state index is -3.90. The SMILES string of the molecule is CNC(=O)C1CN(S(=O)(=O)c2ccc3cc(Cl)ccc3c2)CCN1C(=O)c1nc2c(s1)CCN(C)C2.Cl. The Hall–Kier alpha value is -2.28. The van der Waals surface area contributed by atoms with Gasteiger partial charge in [0, 0.05) is 49.7 Å². The first-order valence-electron chi connectivity index (χ1n) is 11.6. The number of nitrogens with zero attached hydrogens (tertiary/aromatic N) is 4. The quantitative estimate of drug-likeness (QED) is 0.506. The average molecular weight is 585 g/mol. The predicted molar refractivity (Wildman–Crippen MR) is 146 cm³/mol. The monoisotopic (exact) mass is 583 g/mol. The van der Waals surface area contributed by atoms with Crippen LogP contribution in [0.1, 0.15) is 20.4 Å². The van der Waals surface area contributed by atoms with Gasteiger partial charge in [0.1, 0.15) is 6.04 Å². The lowest BCUT2D eigenvalue weighted by atomic mass is 10.1. The summed E-state index contributed by atoms with van der Waals surface area (Å²) in [5, 5.41) is 5.06. The normalized spacial score (nSPS) is 18.8. The van der Waals surface area contributed by atoms with Crippen LogP contribution in [0.15, 0.2) is 41.3 Å². The van der Waals surface area contributed by atoms with Gasteiger partial charge >= 0.3 is 0 Å². The van der Waals surface area contributed by atoms with Crippen molar-refractivity contribution < 1.29 is 18.0 Å². The molecule has 1 fully saturated rings. The second kappa shape index (κ2) is 10.8. The Kier molecular flexibility index (Phi) is 8.13. The molecule has 1 unspecified atom stereocenters. The summed E-state index contributed by atoms with van der Waals surface area (Å²) in [4.78, 5) is 35.6. The number of amides is 2. The Morgan fingerprint density at radius 2 is 1.84 bits per heavy atom. The zero-order chi connectivity index (χ0) is 25.6. The number of carbonyl (C=O) groups excluding carboxylic acids is 2. The van der Waals surface area contributed by atoms with Crippen LogP contribution in [0, 0.1) is 0 Å². The van der Waals surface area contributed by atoms with Crippen LogP contribution in [0.5, 0.6) is 0 Å². The van der Waals surface area contributed by atoms with E-state index in [4.69, 9.17) is 11.6 Å². The molecule has 0 radical (unpaired) electrons. The lowest BCUT2D eigenvalue weighted by molar-refractivity contribution is -0.126. The van der Waals surface area contributed by atoms with Gasteiger partial charge in [0.2, 0.25) is 15.9 Å². The summed E-state index contributed by atoms with van der Waals surface area (Å²) in [5.74, 6) is -0.761. The van der Waals surface area contributed by atoms with E-state index in [-0.39, 0.29) is 42.8 Å². The molecule has 1 saturated heterocycles. The zero-order valence-corrected chi connectivity index (χ0v) is 23.5. The van der Waals surface area contributed by atoms with Gasteiger partial charge in [0.05, 0.1) is 10.6 Å². The first-order valence-corrected chi connectivity index (χ1v) is 14.2. The van der Waals surface area contributed by atoms with E-state index in [2.05, 4.69) is 15.2 Å². The van der Waals surface area contributed by atoms with Crippen molar-refractivity contribution in [1.29, 1.82) is 0 Å². The lowest BCUT2D eigenvalue weighted by Gasteiger charge is -2.39. The van der Waals surface area contributed by atoms with E-state index >= 15 is 0 Å². The minimum Gasteiger partial charge on any atom is -0.357 e. The van der Waals surface area contributed by atoms with E-state index < -0.39 is 22.0 Å². The van der Waals surface area contributed by atoms with Crippen LogP contribution in [0.2, 0.25) is 5.02 Å². The van der Waals surface area contributed by atoms with Crippen molar-refractivity contribution >= 4 is 68.0 Å². The highest BCUT2D eigenvalue weighted by molar-refractivity contribution is 7.89. The molecule has 3 heterocycles. The summed E-state index contributed by atoms with van der Waals surface area (Å²) in [7, 11) is -0.410. The van der Waals surface area contributed by atoms with Crippen LogP contribution >= 0.6 is 35.3 Å². The molecule has 3 aromatic rings. The Bertz CT molecular complexity index is 1460. The Labute approximate surface area is 230 Å². The third-order valence-electron chi connectivity index (χ3n) is 6.67. The highest BCUT2D eigenvalue weighted by Gasteiger charge is 2.41. The number of fused-ring (bicyclic) bond motifs is 2. The lowest BCUT2D eigenvalue weighted by Crippen LogP contribution is -2.61. The predicted octanol–water partition coefficient (Wildman–Crippen LogP) is 2.62. The molecule has 1 N–H and O–H groups in total. The molecule has 37 heavy (non-hydrogen) atoms. The zero-order valence-electron chi connectivity index (χ0n) is 20.3. The molecule has 0 spiro atoms. The van der Waals surface area contributed by atoms with Crippen LogP contribution in [0.3, 0.4) is 0 Å². The first-order chi connectivity index (χ1) is 17.2. The van der Waals surface area contributed by atoms with Gasteiger partial charge in [-0.15, -0.1) is 23.7 Å². The number of hydrogen-bond acceptors (Lipinski definition) is 7. The Morgan fingerprint density at radius 3 is 2.59 bits per heavy atom. The Balaban J connectivity index is 0.00000320. The molecule has 2 aliphatic heterocycles. The second-order valence-electron chi connectivity index (χ2n) is 9.02. The van der Waals surface area contributed by atoms with E-state index in [0.717, 1.165) is 34.3 Å². The summed E-state index contributed by atoms with van der Waals surface area (Å²) < 4.78 is 28.3. The number of aromatic nitrogens is 1. The molecule has 198 valence electrons. The maximum atomic E-state index is 13.5. The molecule has 2 aliphatic rings. The van der Waals surface area contributed by atoms with Gasteiger partial charge in [-0.05, 0) is 48.5 Å². The van der Waals surface area contributed by atoms with Gasteiger partial charge in [-0.3, -0.25) is 9.59 Å². The molecule has 9 nitrogen and oxygen atoms in total. The fourth-order valence-corrected chi connectivity index (χ4v) is 7.33. The summed E-state index contributed by atoms with van der Waals surface area (Å²) in [6.45, 7) is 1.61. The molecule has 2 amide bonds. The number of nitrogens with one attached hydrogen (secondary N) is 1. The van der Waals surface area contributed by atoms with Gasteiger partial charge in [-0.1, -0.05) is 23.7 Å².